The Labute approximate surface area is 85.0 Å². The molecule has 0 bridgehead atoms. The van der Waals surface area contributed by atoms with E-state index in [2.05, 4.69) is 0 Å². The minimum Gasteiger partial charge on any atom is -0.207 e. The van der Waals surface area contributed by atoms with Gasteiger partial charge in [0, 0.05) is 9.58 Å². The third kappa shape index (κ3) is 1.45. The number of fused-ring (bicyclic) bond motifs is 1. The number of halogens is 2. The minimum atomic E-state index is -0.185. The summed E-state index contributed by atoms with van der Waals surface area (Å²) in [6.45, 7) is 2.02. The summed E-state index contributed by atoms with van der Waals surface area (Å²) in [5, 5.41) is 1.11. The van der Waals surface area contributed by atoms with Crippen LogP contribution in [0.3, 0.4) is 0 Å². The fraction of sp³-hybridized carbons (Fsp3) is 0.200. The van der Waals surface area contributed by atoms with E-state index in [1.54, 1.807) is 17.4 Å². The lowest BCUT2D eigenvalue weighted by Gasteiger charge is -1.91. The van der Waals surface area contributed by atoms with Crippen molar-refractivity contribution in [3.05, 3.63) is 34.5 Å². The summed E-state index contributed by atoms with van der Waals surface area (Å²) in [6.07, 6.45) is 0. The van der Waals surface area contributed by atoms with E-state index in [1.165, 1.54) is 11.6 Å². The second-order valence-electron chi connectivity index (χ2n) is 2.92. The van der Waals surface area contributed by atoms with Gasteiger partial charge in [0.05, 0.1) is 5.88 Å². The van der Waals surface area contributed by atoms with Gasteiger partial charge in [0.15, 0.2) is 0 Å². The lowest BCUT2D eigenvalue weighted by atomic mass is 10.1. The van der Waals surface area contributed by atoms with Crippen LogP contribution in [0.4, 0.5) is 4.39 Å². The standard InChI is InChI=1S/C10H8ClFS/c1-6-8-3-2-7(12)4-9(8)13-10(6)5-11/h2-4H,5H2,1H3. The van der Waals surface area contributed by atoms with Crippen LogP contribution in [0.1, 0.15) is 10.4 Å². The van der Waals surface area contributed by atoms with Gasteiger partial charge in [-0.25, -0.2) is 4.39 Å². The van der Waals surface area contributed by atoms with E-state index in [0.29, 0.717) is 5.88 Å². The number of aryl methyl sites for hydroxylation is 1. The van der Waals surface area contributed by atoms with Gasteiger partial charge in [-0.15, -0.1) is 22.9 Å². The predicted molar refractivity (Wildman–Crippen MR) is 56.1 cm³/mol. The van der Waals surface area contributed by atoms with Crippen molar-refractivity contribution < 1.29 is 4.39 Å². The minimum absolute atomic E-state index is 0.185. The van der Waals surface area contributed by atoms with Crippen LogP contribution >= 0.6 is 22.9 Å². The molecule has 3 heteroatoms. The molecule has 0 aliphatic rings. The van der Waals surface area contributed by atoms with Crippen LogP contribution in [-0.4, -0.2) is 0 Å². The fourth-order valence-electron chi connectivity index (χ4n) is 1.38. The molecule has 1 aromatic carbocycles. The van der Waals surface area contributed by atoms with Gasteiger partial charge in [-0.05, 0) is 30.0 Å². The molecule has 1 aromatic heterocycles. The topological polar surface area (TPSA) is 0 Å². The van der Waals surface area contributed by atoms with Crippen LogP contribution < -0.4 is 0 Å². The molecule has 0 amide bonds. The van der Waals surface area contributed by atoms with E-state index in [1.807, 2.05) is 13.0 Å². The van der Waals surface area contributed by atoms with Crippen molar-refractivity contribution in [2.75, 3.05) is 0 Å². The van der Waals surface area contributed by atoms with Crippen molar-refractivity contribution in [1.29, 1.82) is 0 Å². The first-order valence-corrected chi connectivity index (χ1v) is 5.31. The Morgan fingerprint density at radius 1 is 1.46 bits per heavy atom. The molecular weight excluding hydrogens is 207 g/mol. The van der Waals surface area contributed by atoms with E-state index in [9.17, 15) is 4.39 Å². The van der Waals surface area contributed by atoms with Gasteiger partial charge in [0.1, 0.15) is 5.82 Å². The Kier molecular flexibility index (Phi) is 2.26. The monoisotopic (exact) mass is 214 g/mol. The number of rotatable bonds is 1. The molecule has 0 aliphatic carbocycles. The molecule has 0 saturated carbocycles. The highest BCUT2D eigenvalue weighted by Gasteiger charge is 2.07. The molecule has 0 nitrogen and oxygen atoms in total. The molecule has 0 radical (unpaired) electrons. The molecule has 13 heavy (non-hydrogen) atoms. The highest BCUT2D eigenvalue weighted by Crippen LogP contribution is 2.31. The van der Waals surface area contributed by atoms with Crippen LogP contribution in [-0.2, 0) is 5.88 Å². The van der Waals surface area contributed by atoms with Crippen molar-refractivity contribution in [1.82, 2.24) is 0 Å². The number of hydrogen-bond donors (Lipinski definition) is 0. The Morgan fingerprint density at radius 3 is 2.92 bits per heavy atom. The van der Waals surface area contributed by atoms with E-state index >= 15 is 0 Å². The van der Waals surface area contributed by atoms with Gasteiger partial charge < -0.3 is 0 Å². The average Bonchev–Trinajstić information content (AvgIpc) is 2.42. The van der Waals surface area contributed by atoms with Crippen molar-refractivity contribution in [3.63, 3.8) is 0 Å². The van der Waals surface area contributed by atoms with E-state index in [-0.39, 0.29) is 5.82 Å². The van der Waals surface area contributed by atoms with Gasteiger partial charge in [0.25, 0.3) is 0 Å². The van der Waals surface area contributed by atoms with Gasteiger partial charge in [-0.2, -0.15) is 0 Å². The number of benzene rings is 1. The lowest BCUT2D eigenvalue weighted by molar-refractivity contribution is 0.630. The maximum atomic E-state index is 12.9. The quantitative estimate of drug-likeness (QED) is 0.628. The highest BCUT2D eigenvalue weighted by molar-refractivity contribution is 7.19. The van der Waals surface area contributed by atoms with Crippen molar-refractivity contribution in [3.8, 4) is 0 Å². The Bertz CT molecular complexity index is 447. The first kappa shape index (κ1) is 8.97. The van der Waals surface area contributed by atoms with Gasteiger partial charge in [0.2, 0.25) is 0 Å². The first-order chi connectivity index (χ1) is 6.22. The molecule has 0 aliphatic heterocycles. The SMILES string of the molecule is Cc1c(CCl)sc2cc(F)ccc12. The van der Waals surface area contributed by atoms with E-state index < -0.39 is 0 Å². The highest BCUT2D eigenvalue weighted by atomic mass is 35.5. The molecule has 1 heterocycles. The van der Waals surface area contributed by atoms with Crippen LogP contribution in [0.5, 0.6) is 0 Å². The van der Waals surface area contributed by atoms with Crippen LogP contribution in [0, 0.1) is 12.7 Å². The lowest BCUT2D eigenvalue weighted by Crippen LogP contribution is -1.75. The second kappa shape index (κ2) is 3.28. The first-order valence-electron chi connectivity index (χ1n) is 3.96. The fourth-order valence-corrected chi connectivity index (χ4v) is 2.83. The van der Waals surface area contributed by atoms with Gasteiger partial charge in [-0.3, -0.25) is 0 Å². The molecule has 0 spiro atoms. The molecule has 0 N–H and O–H groups in total. The average molecular weight is 215 g/mol. The van der Waals surface area contributed by atoms with Gasteiger partial charge >= 0.3 is 0 Å². The summed E-state index contributed by atoms with van der Waals surface area (Å²) in [4.78, 5) is 1.13. The number of thiophene rings is 1. The molecular formula is C10H8ClFS. The summed E-state index contributed by atoms with van der Waals surface area (Å²) >= 11 is 7.33. The molecule has 0 fully saturated rings. The van der Waals surface area contributed by atoms with Crippen LogP contribution in [0.25, 0.3) is 10.1 Å². The zero-order valence-electron chi connectivity index (χ0n) is 7.10. The predicted octanol–water partition coefficient (Wildman–Crippen LogP) is 4.09. The Hall–Kier alpha value is -0.600. The molecule has 0 saturated heterocycles. The van der Waals surface area contributed by atoms with Crippen molar-refractivity contribution in [2.45, 2.75) is 12.8 Å². The Balaban J connectivity index is 2.76. The van der Waals surface area contributed by atoms with E-state index in [0.717, 1.165) is 15.0 Å². The summed E-state index contributed by atoms with van der Waals surface area (Å²) < 4.78 is 13.8. The zero-order chi connectivity index (χ0) is 9.42. The Morgan fingerprint density at radius 2 is 2.23 bits per heavy atom. The number of hydrogen-bond acceptors (Lipinski definition) is 1. The third-order valence-electron chi connectivity index (χ3n) is 2.12. The molecule has 2 rings (SSSR count). The third-order valence-corrected chi connectivity index (χ3v) is 3.80. The molecule has 2 aromatic rings. The molecule has 0 atom stereocenters. The van der Waals surface area contributed by atoms with Crippen LogP contribution in [0.2, 0.25) is 0 Å². The normalized spacial score (nSPS) is 11.0. The number of alkyl halides is 1. The summed E-state index contributed by atoms with van der Waals surface area (Å²) in [5.74, 6) is 0.321. The molecule has 0 unspecified atom stereocenters. The zero-order valence-corrected chi connectivity index (χ0v) is 8.68. The van der Waals surface area contributed by atoms with Gasteiger partial charge in [-0.1, -0.05) is 6.07 Å². The largest absolute Gasteiger partial charge is 0.207 e. The summed E-state index contributed by atoms with van der Waals surface area (Å²) in [7, 11) is 0. The van der Waals surface area contributed by atoms with Crippen molar-refractivity contribution >= 4 is 33.0 Å². The second-order valence-corrected chi connectivity index (χ2v) is 4.33. The van der Waals surface area contributed by atoms with E-state index in [4.69, 9.17) is 11.6 Å². The summed E-state index contributed by atoms with van der Waals surface area (Å²) in [5.41, 5.74) is 1.18. The smallest absolute Gasteiger partial charge is 0.124 e. The van der Waals surface area contributed by atoms with Crippen LogP contribution in [0.15, 0.2) is 18.2 Å². The molecule has 68 valence electrons. The maximum absolute atomic E-state index is 12.9. The summed E-state index contributed by atoms with van der Waals surface area (Å²) in [6, 6.07) is 4.86. The maximum Gasteiger partial charge on any atom is 0.124 e. The van der Waals surface area contributed by atoms with Crippen molar-refractivity contribution in [2.24, 2.45) is 0 Å².